The highest BCUT2D eigenvalue weighted by Crippen LogP contribution is 2.07. The van der Waals surface area contributed by atoms with Gasteiger partial charge in [0.1, 0.15) is 0 Å². The number of hydrogen-bond donors (Lipinski definition) is 1. The van der Waals surface area contributed by atoms with Crippen LogP contribution in [0.2, 0.25) is 0 Å². The topological polar surface area (TPSA) is 54.4 Å². The summed E-state index contributed by atoms with van der Waals surface area (Å²) in [7, 11) is -3.98. The van der Waals surface area contributed by atoms with Crippen molar-refractivity contribution in [1.29, 1.82) is 0 Å². The molecule has 0 spiro atoms. The number of rotatable bonds is 3. The van der Waals surface area contributed by atoms with E-state index >= 15 is 0 Å². The largest absolute Gasteiger partial charge is 0.290 e. The Hall–Kier alpha value is -0.610. The fraction of sp³-hybridized carbons (Fsp3) is 0.429. The lowest BCUT2D eigenvalue weighted by molar-refractivity contribution is 0.489. The van der Waals surface area contributed by atoms with Crippen LogP contribution in [0.4, 0.5) is 0 Å². The summed E-state index contributed by atoms with van der Waals surface area (Å²) < 4.78 is 29.6. The minimum Gasteiger partial charge on any atom is -0.282 e. The lowest BCUT2D eigenvalue weighted by atomic mass is 10.4. The molecule has 0 aliphatic rings. The van der Waals surface area contributed by atoms with Gasteiger partial charge in [-0.05, 0) is 19.4 Å². The van der Waals surface area contributed by atoms with E-state index in [0.717, 1.165) is 0 Å². The molecule has 0 saturated heterocycles. The zero-order valence-corrected chi connectivity index (χ0v) is 7.43. The van der Waals surface area contributed by atoms with Gasteiger partial charge in [0.2, 0.25) is 0 Å². The fourth-order valence-electron chi connectivity index (χ4n) is 0.590. The SMILES string of the molecule is C/C=C\C=C(/CC)S(=O)(=O)O. The molecule has 0 saturated carbocycles. The van der Waals surface area contributed by atoms with Crippen molar-refractivity contribution in [3.05, 3.63) is 23.1 Å². The monoisotopic (exact) mass is 176 g/mol. The van der Waals surface area contributed by atoms with E-state index in [1.165, 1.54) is 6.08 Å². The Morgan fingerprint density at radius 3 is 2.36 bits per heavy atom. The normalized spacial score (nSPS) is 14.3. The molecule has 64 valence electrons. The van der Waals surface area contributed by atoms with Crippen molar-refractivity contribution >= 4 is 10.1 Å². The van der Waals surface area contributed by atoms with E-state index in [4.69, 9.17) is 4.55 Å². The Bertz CT molecular complexity index is 259. The van der Waals surface area contributed by atoms with Crippen LogP contribution in [0.3, 0.4) is 0 Å². The minimum atomic E-state index is -3.98. The maximum Gasteiger partial charge on any atom is 0.290 e. The summed E-state index contributed by atoms with van der Waals surface area (Å²) in [6.07, 6.45) is 4.96. The van der Waals surface area contributed by atoms with Crippen molar-refractivity contribution in [3.8, 4) is 0 Å². The van der Waals surface area contributed by atoms with Crippen molar-refractivity contribution in [1.82, 2.24) is 0 Å². The first-order valence-electron chi connectivity index (χ1n) is 3.31. The van der Waals surface area contributed by atoms with Gasteiger partial charge in [0.05, 0.1) is 4.91 Å². The zero-order chi connectivity index (χ0) is 8.91. The van der Waals surface area contributed by atoms with E-state index in [2.05, 4.69) is 0 Å². The zero-order valence-electron chi connectivity index (χ0n) is 6.61. The second-order valence-electron chi connectivity index (χ2n) is 1.99. The van der Waals surface area contributed by atoms with Gasteiger partial charge in [-0.1, -0.05) is 19.1 Å². The molecule has 4 heteroatoms. The van der Waals surface area contributed by atoms with Gasteiger partial charge < -0.3 is 0 Å². The highest BCUT2D eigenvalue weighted by atomic mass is 32.2. The van der Waals surface area contributed by atoms with Gasteiger partial charge >= 0.3 is 0 Å². The number of hydrogen-bond acceptors (Lipinski definition) is 2. The van der Waals surface area contributed by atoms with Crippen LogP contribution >= 0.6 is 0 Å². The Kier molecular flexibility index (Phi) is 4.07. The smallest absolute Gasteiger partial charge is 0.282 e. The van der Waals surface area contributed by atoms with Crippen LogP contribution in [-0.2, 0) is 10.1 Å². The van der Waals surface area contributed by atoms with E-state index in [0.29, 0.717) is 6.42 Å². The van der Waals surface area contributed by atoms with Crippen LogP contribution in [0.15, 0.2) is 23.1 Å². The van der Waals surface area contributed by atoms with Crippen LogP contribution in [0, 0.1) is 0 Å². The third-order valence-electron chi connectivity index (χ3n) is 1.15. The van der Waals surface area contributed by atoms with Crippen LogP contribution in [0.25, 0.3) is 0 Å². The van der Waals surface area contributed by atoms with Gasteiger partial charge in [0.15, 0.2) is 0 Å². The first-order valence-corrected chi connectivity index (χ1v) is 4.75. The van der Waals surface area contributed by atoms with Gasteiger partial charge in [0.25, 0.3) is 10.1 Å². The lowest BCUT2D eigenvalue weighted by Crippen LogP contribution is -1.99. The lowest BCUT2D eigenvalue weighted by Gasteiger charge is -1.96. The molecule has 3 nitrogen and oxygen atoms in total. The quantitative estimate of drug-likeness (QED) is 0.526. The Morgan fingerprint density at radius 2 is 2.09 bits per heavy atom. The van der Waals surface area contributed by atoms with Crippen molar-refractivity contribution < 1.29 is 13.0 Å². The average molecular weight is 176 g/mol. The van der Waals surface area contributed by atoms with Crippen LogP contribution < -0.4 is 0 Å². The Balaban J connectivity index is 4.69. The molecule has 0 bridgehead atoms. The predicted octanol–water partition coefficient (Wildman–Crippen LogP) is 1.74. The van der Waals surface area contributed by atoms with Gasteiger partial charge in [-0.15, -0.1) is 0 Å². The summed E-state index contributed by atoms with van der Waals surface area (Å²) >= 11 is 0. The van der Waals surface area contributed by atoms with E-state index in [9.17, 15) is 8.42 Å². The summed E-state index contributed by atoms with van der Waals surface area (Å²) in [6.45, 7) is 3.44. The molecular formula is C7H12O3S. The molecule has 0 radical (unpaired) electrons. The molecule has 0 amide bonds. The first kappa shape index (κ1) is 10.4. The number of allylic oxidation sites excluding steroid dienone is 4. The molecule has 1 N–H and O–H groups in total. The second-order valence-corrected chi connectivity index (χ2v) is 3.46. The molecular weight excluding hydrogens is 164 g/mol. The van der Waals surface area contributed by atoms with E-state index in [1.807, 2.05) is 0 Å². The third kappa shape index (κ3) is 3.95. The van der Waals surface area contributed by atoms with E-state index in [1.54, 1.807) is 26.0 Å². The maximum absolute atomic E-state index is 10.5. The van der Waals surface area contributed by atoms with Crippen molar-refractivity contribution in [2.24, 2.45) is 0 Å². The summed E-state index contributed by atoms with van der Waals surface area (Å²) in [4.78, 5) is 0.0376. The fourth-order valence-corrected chi connectivity index (χ4v) is 1.21. The van der Waals surface area contributed by atoms with Crippen molar-refractivity contribution in [3.63, 3.8) is 0 Å². The molecule has 0 atom stereocenters. The summed E-state index contributed by atoms with van der Waals surface area (Å²) in [6, 6.07) is 0. The van der Waals surface area contributed by atoms with Crippen molar-refractivity contribution in [2.45, 2.75) is 20.3 Å². The van der Waals surface area contributed by atoms with Crippen LogP contribution in [0.1, 0.15) is 20.3 Å². The molecule has 0 aliphatic carbocycles. The Morgan fingerprint density at radius 1 is 1.55 bits per heavy atom. The minimum absolute atomic E-state index is 0.0376. The second kappa shape index (κ2) is 4.31. The standard InChI is InChI=1S/C7H12O3S/c1-3-5-6-7(4-2)11(8,9)10/h3,5-6H,4H2,1-2H3,(H,8,9,10)/b5-3-,7-6+. The molecule has 0 unspecified atom stereocenters. The molecule has 0 heterocycles. The highest BCUT2D eigenvalue weighted by molar-refractivity contribution is 7.89. The molecule has 0 aromatic rings. The predicted molar refractivity (Wildman–Crippen MR) is 44.7 cm³/mol. The highest BCUT2D eigenvalue weighted by Gasteiger charge is 2.08. The molecule has 0 aromatic heterocycles. The maximum atomic E-state index is 10.5. The van der Waals surface area contributed by atoms with Gasteiger partial charge in [0, 0.05) is 0 Å². The molecule has 0 aliphatic heterocycles. The van der Waals surface area contributed by atoms with Gasteiger partial charge in [-0.25, -0.2) is 0 Å². The molecule has 0 fully saturated rings. The summed E-state index contributed by atoms with van der Waals surface area (Å²) in [5.74, 6) is 0. The summed E-state index contributed by atoms with van der Waals surface area (Å²) in [5, 5.41) is 0. The van der Waals surface area contributed by atoms with Crippen LogP contribution in [-0.4, -0.2) is 13.0 Å². The van der Waals surface area contributed by atoms with Gasteiger partial charge in [-0.3, -0.25) is 4.55 Å². The Labute approximate surface area is 67.2 Å². The van der Waals surface area contributed by atoms with Gasteiger partial charge in [-0.2, -0.15) is 8.42 Å². The van der Waals surface area contributed by atoms with Crippen molar-refractivity contribution in [2.75, 3.05) is 0 Å². The molecule has 0 rings (SSSR count). The summed E-state index contributed by atoms with van der Waals surface area (Å²) in [5.41, 5.74) is 0. The van der Waals surface area contributed by atoms with Crippen LogP contribution in [0.5, 0.6) is 0 Å². The average Bonchev–Trinajstić information content (AvgIpc) is 1.87. The molecule has 11 heavy (non-hydrogen) atoms. The third-order valence-corrected chi connectivity index (χ3v) is 2.24. The van der Waals surface area contributed by atoms with E-state index in [-0.39, 0.29) is 4.91 Å². The molecule has 0 aromatic carbocycles. The first-order chi connectivity index (χ1) is 5.02. The van der Waals surface area contributed by atoms with E-state index < -0.39 is 10.1 Å².